The van der Waals surface area contributed by atoms with E-state index in [0.717, 1.165) is 12.8 Å². The van der Waals surface area contributed by atoms with E-state index in [9.17, 15) is 4.39 Å². The Bertz CT molecular complexity index is 373. The third-order valence-corrected chi connectivity index (χ3v) is 3.80. The van der Waals surface area contributed by atoms with Gasteiger partial charge in [0, 0.05) is 0 Å². The van der Waals surface area contributed by atoms with Gasteiger partial charge in [0.25, 0.3) is 0 Å². The maximum atomic E-state index is 13.3. The lowest BCUT2D eigenvalue weighted by Crippen LogP contribution is -2.23. The van der Waals surface area contributed by atoms with E-state index in [1.165, 1.54) is 11.1 Å². The fraction of sp³-hybridized carbons (Fsp3) is 0.571. The van der Waals surface area contributed by atoms with E-state index in [4.69, 9.17) is 5.73 Å². The lowest BCUT2D eigenvalue weighted by atomic mass is 9.72. The first kappa shape index (κ1) is 11.6. The van der Waals surface area contributed by atoms with Crippen LogP contribution in [0.4, 0.5) is 4.39 Å². The largest absolute Gasteiger partial charge is 0.330 e. The molecular formula is C14H20FN. The summed E-state index contributed by atoms with van der Waals surface area (Å²) in [6, 6.07) is 5.20. The molecule has 0 saturated heterocycles. The molecule has 2 unspecified atom stereocenters. The number of hydrogen-bond donors (Lipinski definition) is 1. The lowest BCUT2D eigenvalue weighted by Gasteiger charge is -2.33. The van der Waals surface area contributed by atoms with Gasteiger partial charge in [0.1, 0.15) is 5.82 Å². The zero-order valence-corrected chi connectivity index (χ0v) is 10.0. The molecule has 16 heavy (non-hydrogen) atoms. The number of hydrogen-bond acceptors (Lipinski definition) is 1. The molecule has 1 aliphatic carbocycles. The van der Waals surface area contributed by atoms with Gasteiger partial charge in [-0.2, -0.15) is 0 Å². The van der Waals surface area contributed by atoms with Crippen molar-refractivity contribution in [1.82, 2.24) is 0 Å². The van der Waals surface area contributed by atoms with E-state index in [1.54, 1.807) is 12.1 Å². The summed E-state index contributed by atoms with van der Waals surface area (Å²) in [5.74, 6) is 1.36. The third kappa shape index (κ3) is 1.99. The van der Waals surface area contributed by atoms with E-state index >= 15 is 0 Å². The van der Waals surface area contributed by atoms with Crippen LogP contribution in [-0.4, -0.2) is 6.54 Å². The normalized spacial score (nSPS) is 24.6. The molecule has 88 valence electrons. The summed E-state index contributed by atoms with van der Waals surface area (Å²) in [6.07, 6.45) is 2.27. The Balaban J connectivity index is 2.44. The number of benzene rings is 1. The van der Waals surface area contributed by atoms with Gasteiger partial charge in [0.2, 0.25) is 0 Å². The SMILES string of the molecule is CC(C)C1CCC(CN)c2ccc(F)cc21. The van der Waals surface area contributed by atoms with E-state index in [-0.39, 0.29) is 5.82 Å². The van der Waals surface area contributed by atoms with Crippen molar-refractivity contribution in [1.29, 1.82) is 0 Å². The van der Waals surface area contributed by atoms with Gasteiger partial charge in [-0.3, -0.25) is 0 Å². The van der Waals surface area contributed by atoms with E-state index in [0.29, 0.717) is 24.3 Å². The second kappa shape index (κ2) is 4.54. The van der Waals surface area contributed by atoms with Crippen LogP contribution in [-0.2, 0) is 0 Å². The predicted octanol–water partition coefficient (Wildman–Crippen LogP) is 3.40. The molecule has 0 aromatic heterocycles. The number of rotatable bonds is 2. The van der Waals surface area contributed by atoms with Crippen molar-refractivity contribution in [3.05, 3.63) is 35.1 Å². The summed E-state index contributed by atoms with van der Waals surface area (Å²) in [5.41, 5.74) is 8.25. The lowest BCUT2D eigenvalue weighted by molar-refractivity contribution is 0.401. The average molecular weight is 221 g/mol. The summed E-state index contributed by atoms with van der Waals surface area (Å²) in [4.78, 5) is 0. The molecule has 0 amide bonds. The van der Waals surface area contributed by atoms with Crippen LogP contribution in [0.1, 0.15) is 49.7 Å². The van der Waals surface area contributed by atoms with Gasteiger partial charge >= 0.3 is 0 Å². The topological polar surface area (TPSA) is 26.0 Å². The molecule has 0 bridgehead atoms. The molecule has 1 aromatic rings. The molecule has 1 nitrogen and oxygen atoms in total. The summed E-state index contributed by atoms with van der Waals surface area (Å²) in [6.45, 7) is 5.09. The van der Waals surface area contributed by atoms with E-state index in [1.807, 2.05) is 6.07 Å². The van der Waals surface area contributed by atoms with Crippen LogP contribution in [0.25, 0.3) is 0 Å². The van der Waals surface area contributed by atoms with Crippen molar-refractivity contribution < 1.29 is 4.39 Å². The maximum Gasteiger partial charge on any atom is 0.123 e. The van der Waals surface area contributed by atoms with Crippen LogP contribution < -0.4 is 5.73 Å². The first-order chi connectivity index (χ1) is 7.63. The molecule has 1 aliphatic rings. The van der Waals surface area contributed by atoms with Crippen molar-refractivity contribution in [2.24, 2.45) is 11.7 Å². The van der Waals surface area contributed by atoms with Crippen molar-refractivity contribution in [3.8, 4) is 0 Å². The molecule has 0 aliphatic heterocycles. The zero-order valence-electron chi connectivity index (χ0n) is 10.0. The quantitative estimate of drug-likeness (QED) is 0.813. The van der Waals surface area contributed by atoms with Crippen molar-refractivity contribution in [2.75, 3.05) is 6.54 Å². The van der Waals surface area contributed by atoms with Gasteiger partial charge in [-0.15, -0.1) is 0 Å². The Kier molecular flexibility index (Phi) is 3.29. The number of fused-ring (bicyclic) bond motifs is 1. The molecule has 0 fully saturated rings. The Labute approximate surface area is 96.9 Å². The smallest absolute Gasteiger partial charge is 0.123 e. The highest BCUT2D eigenvalue weighted by atomic mass is 19.1. The van der Waals surface area contributed by atoms with Crippen molar-refractivity contribution >= 4 is 0 Å². The fourth-order valence-electron chi connectivity index (χ4n) is 2.87. The van der Waals surface area contributed by atoms with Gasteiger partial charge in [-0.05, 0) is 60.4 Å². The zero-order chi connectivity index (χ0) is 11.7. The molecule has 2 N–H and O–H groups in total. The van der Waals surface area contributed by atoms with Gasteiger partial charge in [-0.1, -0.05) is 19.9 Å². The monoisotopic (exact) mass is 221 g/mol. The molecular weight excluding hydrogens is 201 g/mol. The maximum absolute atomic E-state index is 13.3. The Morgan fingerprint density at radius 3 is 2.69 bits per heavy atom. The van der Waals surface area contributed by atoms with Crippen LogP contribution in [0.3, 0.4) is 0 Å². The fourth-order valence-corrected chi connectivity index (χ4v) is 2.87. The first-order valence-electron chi connectivity index (χ1n) is 6.13. The average Bonchev–Trinajstić information content (AvgIpc) is 2.26. The van der Waals surface area contributed by atoms with Gasteiger partial charge in [-0.25, -0.2) is 4.39 Å². The molecule has 0 spiro atoms. The molecule has 1 aromatic carbocycles. The highest BCUT2D eigenvalue weighted by Gasteiger charge is 2.28. The summed E-state index contributed by atoms with van der Waals surface area (Å²) in [5, 5.41) is 0. The minimum Gasteiger partial charge on any atom is -0.330 e. The van der Waals surface area contributed by atoms with Gasteiger partial charge in [0.15, 0.2) is 0 Å². The van der Waals surface area contributed by atoms with Crippen molar-refractivity contribution in [2.45, 2.75) is 38.5 Å². The molecule has 0 saturated carbocycles. The Morgan fingerprint density at radius 2 is 2.06 bits per heavy atom. The molecule has 2 rings (SSSR count). The molecule has 0 radical (unpaired) electrons. The first-order valence-corrected chi connectivity index (χ1v) is 6.13. The Hall–Kier alpha value is -0.890. The van der Waals surface area contributed by atoms with Gasteiger partial charge in [0.05, 0.1) is 0 Å². The van der Waals surface area contributed by atoms with Crippen LogP contribution >= 0.6 is 0 Å². The van der Waals surface area contributed by atoms with Gasteiger partial charge < -0.3 is 5.73 Å². The van der Waals surface area contributed by atoms with Crippen molar-refractivity contribution in [3.63, 3.8) is 0 Å². The summed E-state index contributed by atoms with van der Waals surface area (Å²) in [7, 11) is 0. The van der Waals surface area contributed by atoms with Crippen LogP contribution in [0, 0.1) is 11.7 Å². The third-order valence-electron chi connectivity index (χ3n) is 3.80. The molecule has 2 heteroatoms. The molecule has 0 heterocycles. The van der Waals surface area contributed by atoms with Crippen LogP contribution in [0.2, 0.25) is 0 Å². The predicted molar refractivity (Wildman–Crippen MR) is 65.0 cm³/mol. The van der Waals surface area contributed by atoms with E-state index < -0.39 is 0 Å². The minimum absolute atomic E-state index is 0.123. The van der Waals surface area contributed by atoms with Crippen LogP contribution in [0.5, 0.6) is 0 Å². The van der Waals surface area contributed by atoms with Crippen LogP contribution in [0.15, 0.2) is 18.2 Å². The highest BCUT2D eigenvalue weighted by Crippen LogP contribution is 2.42. The second-order valence-electron chi connectivity index (χ2n) is 5.13. The second-order valence-corrected chi connectivity index (χ2v) is 5.13. The highest BCUT2D eigenvalue weighted by molar-refractivity contribution is 5.36. The summed E-state index contributed by atoms with van der Waals surface area (Å²) < 4.78 is 13.3. The van der Waals surface area contributed by atoms with E-state index in [2.05, 4.69) is 13.8 Å². The molecule has 2 atom stereocenters. The number of nitrogens with two attached hydrogens (primary N) is 1. The Morgan fingerprint density at radius 1 is 1.31 bits per heavy atom. The minimum atomic E-state index is -0.123. The summed E-state index contributed by atoms with van der Waals surface area (Å²) >= 11 is 0. The number of halogens is 1. The standard InChI is InChI=1S/C14H20FN/c1-9(2)12-5-3-10(8-16)13-6-4-11(15)7-14(12)13/h4,6-7,9-10,12H,3,5,8,16H2,1-2H3.